The number of hydrogen-bond donors (Lipinski definition) is 1. The summed E-state index contributed by atoms with van der Waals surface area (Å²) >= 11 is 0. The van der Waals surface area contributed by atoms with Gasteiger partial charge in [-0.15, -0.1) is 0 Å². The minimum absolute atomic E-state index is 0.149. The summed E-state index contributed by atoms with van der Waals surface area (Å²) in [5, 5.41) is 0. The van der Waals surface area contributed by atoms with Crippen LogP contribution in [-0.2, 0) is 23.8 Å². The lowest BCUT2D eigenvalue weighted by Crippen LogP contribution is -2.44. The van der Waals surface area contributed by atoms with Crippen molar-refractivity contribution in [1.29, 1.82) is 0 Å². The number of nitrogens with two attached hydrogens (primary N) is 1. The lowest BCUT2D eigenvalue weighted by Gasteiger charge is -2.22. The van der Waals surface area contributed by atoms with Crippen molar-refractivity contribution in [3.05, 3.63) is 0 Å². The molecule has 0 aromatic carbocycles. The molecule has 7 heteroatoms. The van der Waals surface area contributed by atoms with Crippen LogP contribution in [0.4, 0.5) is 0 Å². The molecule has 2 heterocycles. The van der Waals surface area contributed by atoms with Crippen molar-refractivity contribution in [1.82, 2.24) is 4.90 Å². The highest BCUT2D eigenvalue weighted by molar-refractivity contribution is 5.86. The maximum Gasteiger partial charge on any atom is 0.328 e. The number of hydrogen-bond acceptors (Lipinski definition) is 6. The Bertz CT molecular complexity index is 301. The zero-order valence-electron chi connectivity index (χ0n) is 9.68. The smallest absolute Gasteiger partial charge is 0.328 e. The van der Waals surface area contributed by atoms with E-state index >= 15 is 0 Å². The highest BCUT2D eigenvalue weighted by Gasteiger charge is 2.52. The van der Waals surface area contributed by atoms with Gasteiger partial charge in [0.05, 0.1) is 33.4 Å². The molecule has 2 saturated heterocycles. The van der Waals surface area contributed by atoms with Gasteiger partial charge in [0.2, 0.25) is 5.91 Å². The quantitative estimate of drug-likeness (QED) is 0.592. The number of amides is 1. The summed E-state index contributed by atoms with van der Waals surface area (Å²) in [7, 11) is 1.29. The predicted octanol–water partition coefficient (Wildman–Crippen LogP) is -1.54. The average Bonchev–Trinajstić information content (AvgIpc) is 2.95. The maximum absolute atomic E-state index is 11.7. The molecular weight excluding hydrogens is 228 g/mol. The molecule has 0 aromatic heterocycles. The molecule has 1 atom stereocenters. The fourth-order valence-electron chi connectivity index (χ4n) is 2.27. The van der Waals surface area contributed by atoms with E-state index in [0.29, 0.717) is 19.6 Å². The third kappa shape index (κ3) is 2.13. The normalized spacial score (nSPS) is 26.5. The van der Waals surface area contributed by atoms with E-state index in [0.717, 1.165) is 0 Å². The van der Waals surface area contributed by atoms with Gasteiger partial charge in [-0.25, -0.2) is 4.79 Å². The van der Waals surface area contributed by atoms with Crippen LogP contribution >= 0.6 is 0 Å². The second-order valence-corrected chi connectivity index (χ2v) is 4.08. The summed E-state index contributed by atoms with van der Waals surface area (Å²) in [5.41, 5.74) is 5.32. The van der Waals surface area contributed by atoms with Crippen LogP contribution in [0.1, 0.15) is 6.42 Å². The van der Waals surface area contributed by atoms with Crippen LogP contribution in [0.2, 0.25) is 0 Å². The number of carbonyl (C=O) groups excluding carboxylic acids is 2. The molecule has 2 aliphatic heterocycles. The third-order valence-corrected chi connectivity index (χ3v) is 3.07. The van der Waals surface area contributed by atoms with Crippen LogP contribution in [0.25, 0.3) is 0 Å². The molecule has 96 valence electrons. The van der Waals surface area contributed by atoms with Gasteiger partial charge < -0.3 is 24.8 Å². The van der Waals surface area contributed by atoms with Crippen LogP contribution in [0.5, 0.6) is 0 Å². The van der Waals surface area contributed by atoms with Crippen LogP contribution in [0.3, 0.4) is 0 Å². The topological polar surface area (TPSA) is 91.1 Å². The molecule has 0 radical (unpaired) electrons. The van der Waals surface area contributed by atoms with Crippen molar-refractivity contribution in [2.45, 2.75) is 18.2 Å². The highest BCUT2D eigenvalue weighted by Crippen LogP contribution is 2.35. The van der Waals surface area contributed by atoms with Crippen molar-refractivity contribution in [2.75, 3.05) is 33.4 Å². The fourth-order valence-corrected chi connectivity index (χ4v) is 2.27. The zero-order chi connectivity index (χ0) is 12.5. The van der Waals surface area contributed by atoms with Crippen LogP contribution in [0, 0.1) is 0 Å². The Morgan fingerprint density at radius 3 is 2.65 bits per heavy atom. The van der Waals surface area contributed by atoms with Crippen LogP contribution < -0.4 is 5.73 Å². The molecule has 17 heavy (non-hydrogen) atoms. The van der Waals surface area contributed by atoms with E-state index < -0.39 is 17.8 Å². The van der Waals surface area contributed by atoms with Crippen molar-refractivity contribution < 1.29 is 23.8 Å². The molecule has 0 aromatic rings. The Kier molecular flexibility index (Phi) is 3.32. The van der Waals surface area contributed by atoms with Gasteiger partial charge in [-0.2, -0.15) is 0 Å². The summed E-state index contributed by atoms with van der Waals surface area (Å²) in [6.45, 7) is 1.02. The molecule has 2 aliphatic rings. The molecule has 7 nitrogen and oxygen atoms in total. The van der Waals surface area contributed by atoms with Crippen molar-refractivity contribution in [2.24, 2.45) is 5.73 Å². The van der Waals surface area contributed by atoms with E-state index in [-0.39, 0.29) is 19.0 Å². The second kappa shape index (κ2) is 4.59. The van der Waals surface area contributed by atoms with Gasteiger partial charge >= 0.3 is 5.97 Å². The Balaban J connectivity index is 2.17. The number of methoxy groups -OCH3 is 1. The summed E-state index contributed by atoms with van der Waals surface area (Å²) in [4.78, 5) is 24.7. The third-order valence-electron chi connectivity index (χ3n) is 3.07. The van der Waals surface area contributed by atoms with Gasteiger partial charge in [-0.1, -0.05) is 0 Å². The van der Waals surface area contributed by atoms with Gasteiger partial charge in [-0.3, -0.25) is 4.79 Å². The largest absolute Gasteiger partial charge is 0.467 e. The number of carbonyl (C=O) groups is 2. The zero-order valence-corrected chi connectivity index (χ0v) is 9.68. The summed E-state index contributed by atoms with van der Waals surface area (Å²) in [6.07, 6.45) is 0.297. The monoisotopic (exact) mass is 244 g/mol. The van der Waals surface area contributed by atoms with E-state index in [1.54, 1.807) is 0 Å². The van der Waals surface area contributed by atoms with Crippen LogP contribution in [0.15, 0.2) is 0 Å². The molecule has 0 bridgehead atoms. The first kappa shape index (κ1) is 12.3. The number of ether oxygens (including phenoxy) is 3. The predicted molar refractivity (Wildman–Crippen MR) is 55.8 cm³/mol. The number of rotatable bonds is 2. The van der Waals surface area contributed by atoms with Crippen molar-refractivity contribution >= 4 is 11.9 Å². The summed E-state index contributed by atoms with van der Waals surface area (Å²) in [6, 6.07) is -0.672. The van der Waals surface area contributed by atoms with E-state index in [1.165, 1.54) is 12.0 Å². The summed E-state index contributed by atoms with van der Waals surface area (Å²) in [5.74, 6) is -1.64. The Labute approximate surface area is 98.8 Å². The SMILES string of the molecule is COC(=O)[C@@H]1CC2(CN1C(=O)CN)OCCO2. The number of likely N-dealkylation sites (tertiary alicyclic amines) is 1. The molecule has 0 aliphatic carbocycles. The molecule has 2 N–H and O–H groups in total. The minimum atomic E-state index is -0.857. The first-order chi connectivity index (χ1) is 8.12. The molecule has 2 fully saturated rings. The van der Waals surface area contributed by atoms with E-state index in [9.17, 15) is 9.59 Å². The minimum Gasteiger partial charge on any atom is -0.467 e. The Hall–Kier alpha value is -1.18. The molecule has 0 unspecified atom stereocenters. The van der Waals surface area contributed by atoms with Crippen LogP contribution in [-0.4, -0.2) is 62.0 Å². The van der Waals surface area contributed by atoms with Gasteiger partial charge in [0.25, 0.3) is 0 Å². The maximum atomic E-state index is 11.7. The van der Waals surface area contributed by atoms with Crippen molar-refractivity contribution in [3.8, 4) is 0 Å². The van der Waals surface area contributed by atoms with E-state index in [4.69, 9.17) is 15.2 Å². The molecule has 1 amide bonds. The second-order valence-electron chi connectivity index (χ2n) is 4.08. The fraction of sp³-hybridized carbons (Fsp3) is 0.800. The lowest BCUT2D eigenvalue weighted by atomic mass is 10.1. The number of esters is 1. The Morgan fingerprint density at radius 1 is 1.47 bits per heavy atom. The van der Waals surface area contributed by atoms with E-state index in [1.807, 2.05) is 0 Å². The Morgan fingerprint density at radius 2 is 2.12 bits per heavy atom. The van der Waals surface area contributed by atoms with E-state index in [2.05, 4.69) is 4.74 Å². The van der Waals surface area contributed by atoms with Gasteiger partial charge in [0.1, 0.15) is 6.04 Å². The summed E-state index contributed by atoms with van der Waals surface area (Å²) < 4.78 is 15.7. The molecule has 2 rings (SSSR count). The lowest BCUT2D eigenvalue weighted by molar-refractivity contribution is -0.152. The average molecular weight is 244 g/mol. The molecular formula is C10H16N2O5. The first-order valence-corrected chi connectivity index (χ1v) is 5.47. The van der Waals surface area contributed by atoms with Gasteiger partial charge in [0.15, 0.2) is 5.79 Å². The standard InChI is InChI=1S/C10H16N2O5/c1-15-9(14)7-4-10(16-2-3-17-10)6-12(7)8(13)5-11/h7H,2-6,11H2,1H3/t7-/m0/s1. The van der Waals surface area contributed by atoms with Crippen molar-refractivity contribution in [3.63, 3.8) is 0 Å². The highest BCUT2D eigenvalue weighted by atomic mass is 16.7. The first-order valence-electron chi connectivity index (χ1n) is 5.47. The number of nitrogens with zero attached hydrogens (tertiary/aromatic N) is 1. The molecule has 1 spiro atoms. The van der Waals surface area contributed by atoms with Gasteiger partial charge in [-0.05, 0) is 0 Å². The molecule has 0 saturated carbocycles. The van der Waals surface area contributed by atoms with Gasteiger partial charge in [0, 0.05) is 6.42 Å².